The van der Waals surface area contributed by atoms with E-state index in [-0.39, 0.29) is 0 Å². The molecule has 1 heterocycles. The summed E-state index contributed by atoms with van der Waals surface area (Å²) in [5.74, 6) is 0. The number of aliphatic hydroxyl groups excluding tert-OH is 2. The van der Waals surface area contributed by atoms with E-state index in [0.29, 0.717) is 6.42 Å². The highest BCUT2D eigenvalue weighted by molar-refractivity contribution is 9.10. The molecule has 4 heteroatoms. The van der Waals surface area contributed by atoms with Crippen LogP contribution in [0.1, 0.15) is 11.8 Å². The number of thiophene rings is 1. The predicted molar refractivity (Wildman–Crippen MR) is 53.4 cm³/mol. The zero-order valence-corrected chi connectivity index (χ0v) is 9.10. The van der Waals surface area contributed by atoms with Gasteiger partial charge in [0.25, 0.3) is 0 Å². The Kier molecular flexibility index (Phi) is 3.71. The van der Waals surface area contributed by atoms with Crippen molar-refractivity contribution in [2.45, 2.75) is 25.6 Å². The van der Waals surface area contributed by atoms with E-state index in [1.165, 1.54) is 0 Å². The average molecular weight is 251 g/mol. The van der Waals surface area contributed by atoms with E-state index < -0.39 is 12.2 Å². The molecule has 2 atom stereocenters. The van der Waals surface area contributed by atoms with Crippen LogP contribution in [0.3, 0.4) is 0 Å². The fourth-order valence-electron chi connectivity index (χ4n) is 0.831. The van der Waals surface area contributed by atoms with Crippen LogP contribution in [0.25, 0.3) is 0 Å². The summed E-state index contributed by atoms with van der Waals surface area (Å²) in [6.45, 7) is 1.59. The summed E-state index contributed by atoms with van der Waals surface area (Å²) in [6, 6.07) is 1.94. The molecule has 0 saturated carbocycles. The van der Waals surface area contributed by atoms with Crippen molar-refractivity contribution in [3.8, 4) is 0 Å². The Hall–Kier alpha value is 0.100. The van der Waals surface area contributed by atoms with Crippen molar-refractivity contribution >= 4 is 27.3 Å². The van der Waals surface area contributed by atoms with Gasteiger partial charge >= 0.3 is 0 Å². The van der Waals surface area contributed by atoms with Crippen molar-refractivity contribution < 1.29 is 10.2 Å². The summed E-state index contributed by atoms with van der Waals surface area (Å²) in [5.41, 5.74) is 0. The Morgan fingerprint density at radius 3 is 2.67 bits per heavy atom. The molecule has 1 aromatic rings. The molecular formula is C8H11BrO2S. The molecule has 12 heavy (non-hydrogen) atoms. The molecule has 68 valence electrons. The van der Waals surface area contributed by atoms with Gasteiger partial charge in [0.2, 0.25) is 0 Å². The minimum atomic E-state index is -0.668. The minimum Gasteiger partial charge on any atom is -0.391 e. The molecule has 0 aliphatic carbocycles. The van der Waals surface area contributed by atoms with Gasteiger partial charge in [-0.15, -0.1) is 11.3 Å². The smallest absolute Gasteiger partial charge is 0.0844 e. The molecule has 2 N–H and O–H groups in total. The topological polar surface area (TPSA) is 40.5 Å². The molecular weight excluding hydrogens is 240 g/mol. The number of hydrogen-bond donors (Lipinski definition) is 2. The van der Waals surface area contributed by atoms with Crippen LogP contribution in [0.15, 0.2) is 15.9 Å². The number of aliphatic hydroxyl groups is 2. The normalized spacial score (nSPS) is 16.0. The first-order valence-electron chi connectivity index (χ1n) is 3.69. The highest BCUT2D eigenvalue weighted by Crippen LogP contribution is 2.24. The average Bonchev–Trinajstić information content (AvgIpc) is 2.36. The lowest BCUT2D eigenvalue weighted by Crippen LogP contribution is -2.24. The van der Waals surface area contributed by atoms with Gasteiger partial charge in [0.15, 0.2) is 0 Å². The maximum Gasteiger partial charge on any atom is 0.0844 e. The second kappa shape index (κ2) is 4.37. The van der Waals surface area contributed by atoms with Crippen LogP contribution in [-0.2, 0) is 6.42 Å². The van der Waals surface area contributed by atoms with E-state index in [9.17, 15) is 5.11 Å². The van der Waals surface area contributed by atoms with Crippen LogP contribution in [0.4, 0.5) is 0 Å². The molecule has 0 aliphatic heterocycles. The lowest BCUT2D eigenvalue weighted by Gasteiger charge is -2.12. The van der Waals surface area contributed by atoms with Crippen LogP contribution < -0.4 is 0 Å². The quantitative estimate of drug-likeness (QED) is 0.859. The molecule has 0 saturated heterocycles. The van der Waals surface area contributed by atoms with Gasteiger partial charge in [0.1, 0.15) is 0 Å². The van der Waals surface area contributed by atoms with Gasteiger partial charge in [0.05, 0.1) is 12.2 Å². The first-order valence-corrected chi connectivity index (χ1v) is 5.36. The number of hydrogen-bond acceptors (Lipinski definition) is 3. The third kappa shape index (κ3) is 2.55. The monoisotopic (exact) mass is 250 g/mol. The fraction of sp³-hybridized carbons (Fsp3) is 0.500. The standard InChI is InChI=1S/C8H11BrO2S/c1-5(10)7(11)4-8-6(9)2-3-12-8/h2-3,5,7,10-11H,4H2,1H3. The molecule has 0 fully saturated rings. The Balaban J connectivity index is 2.58. The summed E-state index contributed by atoms with van der Waals surface area (Å²) < 4.78 is 1.01. The van der Waals surface area contributed by atoms with Gasteiger partial charge < -0.3 is 10.2 Å². The Morgan fingerprint density at radius 2 is 2.25 bits per heavy atom. The molecule has 1 aromatic heterocycles. The van der Waals surface area contributed by atoms with E-state index in [1.807, 2.05) is 11.4 Å². The predicted octanol–water partition coefficient (Wildman–Crippen LogP) is 1.79. The van der Waals surface area contributed by atoms with Crippen molar-refractivity contribution in [2.75, 3.05) is 0 Å². The highest BCUT2D eigenvalue weighted by Gasteiger charge is 2.13. The highest BCUT2D eigenvalue weighted by atomic mass is 79.9. The van der Waals surface area contributed by atoms with Crippen molar-refractivity contribution in [2.24, 2.45) is 0 Å². The van der Waals surface area contributed by atoms with Crippen molar-refractivity contribution in [1.29, 1.82) is 0 Å². The number of rotatable bonds is 3. The van der Waals surface area contributed by atoms with E-state index >= 15 is 0 Å². The summed E-state index contributed by atoms with van der Waals surface area (Å²) >= 11 is 4.94. The van der Waals surface area contributed by atoms with E-state index in [0.717, 1.165) is 9.35 Å². The molecule has 0 amide bonds. The summed E-state index contributed by atoms with van der Waals surface area (Å²) in [4.78, 5) is 1.07. The molecule has 0 radical (unpaired) electrons. The SMILES string of the molecule is CC(O)C(O)Cc1sccc1Br. The maximum atomic E-state index is 9.36. The third-order valence-electron chi connectivity index (χ3n) is 1.64. The van der Waals surface area contributed by atoms with Crippen molar-refractivity contribution in [3.05, 3.63) is 20.8 Å². The molecule has 2 unspecified atom stereocenters. The van der Waals surface area contributed by atoms with Gasteiger partial charge in [-0.25, -0.2) is 0 Å². The van der Waals surface area contributed by atoms with Gasteiger partial charge in [-0.2, -0.15) is 0 Å². The minimum absolute atomic E-state index is 0.510. The Morgan fingerprint density at radius 1 is 1.58 bits per heavy atom. The molecule has 0 spiro atoms. The molecule has 1 rings (SSSR count). The second-order valence-electron chi connectivity index (χ2n) is 2.70. The zero-order valence-electron chi connectivity index (χ0n) is 6.70. The summed E-state index contributed by atoms with van der Waals surface area (Å²) in [7, 11) is 0. The fourth-order valence-corrected chi connectivity index (χ4v) is 2.40. The molecule has 0 bridgehead atoms. The third-order valence-corrected chi connectivity index (χ3v) is 3.59. The summed E-state index contributed by atoms with van der Waals surface area (Å²) in [5, 5.41) is 20.4. The van der Waals surface area contributed by atoms with E-state index in [1.54, 1.807) is 18.3 Å². The van der Waals surface area contributed by atoms with Gasteiger partial charge in [0, 0.05) is 15.8 Å². The lowest BCUT2D eigenvalue weighted by molar-refractivity contribution is 0.0324. The van der Waals surface area contributed by atoms with E-state index in [4.69, 9.17) is 5.11 Å². The van der Waals surface area contributed by atoms with Crippen LogP contribution in [-0.4, -0.2) is 22.4 Å². The van der Waals surface area contributed by atoms with Gasteiger partial charge in [-0.3, -0.25) is 0 Å². The first-order chi connectivity index (χ1) is 5.61. The van der Waals surface area contributed by atoms with Crippen molar-refractivity contribution in [1.82, 2.24) is 0 Å². The van der Waals surface area contributed by atoms with Gasteiger partial charge in [-0.05, 0) is 34.3 Å². The van der Waals surface area contributed by atoms with Gasteiger partial charge in [-0.1, -0.05) is 0 Å². The first kappa shape index (κ1) is 10.2. The molecule has 2 nitrogen and oxygen atoms in total. The summed E-state index contributed by atoms with van der Waals surface area (Å²) in [6.07, 6.45) is -0.824. The Labute approximate surface area is 84.0 Å². The zero-order chi connectivity index (χ0) is 9.14. The Bertz CT molecular complexity index is 247. The van der Waals surface area contributed by atoms with Crippen molar-refractivity contribution in [3.63, 3.8) is 0 Å². The maximum absolute atomic E-state index is 9.36. The molecule has 0 aliphatic rings. The largest absolute Gasteiger partial charge is 0.391 e. The second-order valence-corrected chi connectivity index (χ2v) is 4.56. The van der Waals surface area contributed by atoms with Crippen LogP contribution >= 0.6 is 27.3 Å². The van der Waals surface area contributed by atoms with Crippen LogP contribution in [0.2, 0.25) is 0 Å². The lowest BCUT2D eigenvalue weighted by atomic mass is 10.1. The number of halogens is 1. The van der Waals surface area contributed by atoms with Crippen LogP contribution in [0.5, 0.6) is 0 Å². The van der Waals surface area contributed by atoms with E-state index in [2.05, 4.69) is 15.9 Å². The van der Waals surface area contributed by atoms with Crippen LogP contribution in [0, 0.1) is 0 Å². The molecule has 0 aromatic carbocycles.